The number of hydrogen-bond acceptors (Lipinski definition) is 5. The van der Waals surface area contributed by atoms with Gasteiger partial charge >= 0.3 is 0 Å². The average molecular weight is 235 g/mol. The van der Waals surface area contributed by atoms with Crippen molar-refractivity contribution in [3.63, 3.8) is 0 Å². The Labute approximate surface area is 96.5 Å². The van der Waals surface area contributed by atoms with Crippen LogP contribution in [-0.2, 0) is 11.3 Å². The van der Waals surface area contributed by atoms with Crippen molar-refractivity contribution >= 4 is 5.57 Å². The van der Waals surface area contributed by atoms with Gasteiger partial charge in [0.2, 0.25) is 13.0 Å². The van der Waals surface area contributed by atoms with E-state index in [1.165, 1.54) is 0 Å². The molecule has 2 heterocycles. The summed E-state index contributed by atoms with van der Waals surface area (Å²) in [7, 11) is 0. The quantitative estimate of drug-likeness (QED) is 0.545. The van der Waals surface area contributed by atoms with Crippen molar-refractivity contribution in [3.05, 3.63) is 39.6 Å². The van der Waals surface area contributed by atoms with E-state index in [2.05, 4.69) is 0 Å². The summed E-state index contributed by atoms with van der Waals surface area (Å²) >= 11 is 0. The minimum atomic E-state index is -0.474. The summed E-state index contributed by atoms with van der Waals surface area (Å²) in [5, 5.41) is 10.5. The highest BCUT2D eigenvalue weighted by Gasteiger charge is 2.23. The van der Waals surface area contributed by atoms with Gasteiger partial charge in [0.05, 0.1) is 23.7 Å². The molecule has 6 nitrogen and oxygen atoms in total. The fourth-order valence-electron chi connectivity index (χ4n) is 1.99. The monoisotopic (exact) mass is 235 g/mol. The molecule has 0 atom stereocenters. The first kappa shape index (κ1) is 10.1. The highest BCUT2D eigenvalue weighted by Crippen LogP contribution is 2.38. The molecular formula is C11H9NO5. The Bertz CT molecular complexity index is 523. The van der Waals surface area contributed by atoms with E-state index in [0.29, 0.717) is 23.7 Å². The molecule has 0 unspecified atom stereocenters. The van der Waals surface area contributed by atoms with Gasteiger partial charge in [0.1, 0.15) is 0 Å². The molecule has 17 heavy (non-hydrogen) atoms. The predicted octanol–water partition coefficient (Wildman–Crippen LogP) is 1.56. The molecule has 0 saturated heterocycles. The SMILES string of the molecule is O=[N+]([O-])C=C1COCc2cc3c(cc21)OCO3. The van der Waals surface area contributed by atoms with Crippen molar-refractivity contribution < 1.29 is 19.1 Å². The lowest BCUT2D eigenvalue weighted by Gasteiger charge is -2.18. The van der Waals surface area contributed by atoms with E-state index >= 15 is 0 Å². The second-order valence-electron chi connectivity index (χ2n) is 3.80. The molecule has 2 aliphatic rings. The number of nitro groups is 1. The van der Waals surface area contributed by atoms with Crippen LogP contribution in [0.25, 0.3) is 5.57 Å². The third-order valence-corrected chi connectivity index (χ3v) is 2.72. The Morgan fingerprint density at radius 2 is 2.00 bits per heavy atom. The largest absolute Gasteiger partial charge is 0.454 e. The van der Waals surface area contributed by atoms with E-state index in [4.69, 9.17) is 14.2 Å². The van der Waals surface area contributed by atoms with E-state index in [0.717, 1.165) is 17.3 Å². The normalized spacial score (nSPS) is 19.2. The molecule has 0 fully saturated rings. The Hall–Kier alpha value is -2.08. The molecule has 6 heteroatoms. The summed E-state index contributed by atoms with van der Waals surface area (Å²) in [6.07, 6.45) is 0.972. The fourth-order valence-corrected chi connectivity index (χ4v) is 1.99. The molecular weight excluding hydrogens is 226 g/mol. The Morgan fingerprint density at radius 3 is 2.76 bits per heavy atom. The third-order valence-electron chi connectivity index (χ3n) is 2.72. The third kappa shape index (κ3) is 1.72. The first-order chi connectivity index (χ1) is 8.24. The maximum absolute atomic E-state index is 10.5. The number of benzene rings is 1. The number of fused-ring (bicyclic) bond motifs is 2. The lowest BCUT2D eigenvalue weighted by atomic mass is 9.98. The van der Waals surface area contributed by atoms with E-state index in [1.54, 1.807) is 6.07 Å². The van der Waals surface area contributed by atoms with Gasteiger partial charge in [-0.05, 0) is 23.3 Å². The van der Waals surface area contributed by atoms with Crippen molar-refractivity contribution in [2.24, 2.45) is 0 Å². The van der Waals surface area contributed by atoms with E-state index in [-0.39, 0.29) is 13.4 Å². The minimum Gasteiger partial charge on any atom is -0.454 e. The van der Waals surface area contributed by atoms with Gasteiger partial charge in [-0.2, -0.15) is 0 Å². The van der Waals surface area contributed by atoms with Crippen LogP contribution in [0.3, 0.4) is 0 Å². The van der Waals surface area contributed by atoms with Gasteiger partial charge in [-0.25, -0.2) is 0 Å². The average Bonchev–Trinajstić information content (AvgIpc) is 2.73. The van der Waals surface area contributed by atoms with Gasteiger partial charge in [-0.1, -0.05) is 0 Å². The number of hydrogen-bond donors (Lipinski definition) is 0. The molecule has 0 spiro atoms. The van der Waals surface area contributed by atoms with E-state index in [9.17, 15) is 10.1 Å². The van der Waals surface area contributed by atoms with Crippen molar-refractivity contribution in [1.29, 1.82) is 0 Å². The molecule has 1 aromatic carbocycles. The van der Waals surface area contributed by atoms with Gasteiger partial charge in [-0.15, -0.1) is 0 Å². The maximum Gasteiger partial charge on any atom is 0.240 e. The molecule has 88 valence electrons. The topological polar surface area (TPSA) is 70.8 Å². The zero-order valence-electron chi connectivity index (χ0n) is 8.84. The molecule has 0 bridgehead atoms. The highest BCUT2D eigenvalue weighted by atomic mass is 16.7. The molecule has 0 aromatic heterocycles. The van der Waals surface area contributed by atoms with Crippen LogP contribution < -0.4 is 9.47 Å². The van der Waals surface area contributed by atoms with E-state index < -0.39 is 4.92 Å². The standard InChI is InChI=1S/C11H9NO5/c13-12(14)3-8-5-15-4-7-1-10-11(2-9(7)8)17-6-16-10/h1-3H,4-6H2. The highest BCUT2D eigenvalue weighted by molar-refractivity contribution is 5.72. The Morgan fingerprint density at radius 1 is 1.24 bits per heavy atom. The summed E-state index contributed by atoms with van der Waals surface area (Å²) in [5.74, 6) is 1.29. The fraction of sp³-hybridized carbons (Fsp3) is 0.273. The summed E-state index contributed by atoms with van der Waals surface area (Å²) < 4.78 is 15.8. The van der Waals surface area contributed by atoms with Crippen molar-refractivity contribution in [1.82, 2.24) is 0 Å². The molecule has 0 N–H and O–H groups in total. The molecule has 2 aliphatic heterocycles. The molecule has 3 rings (SSSR count). The van der Waals surface area contributed by atoms with Gasteiger partial charge in [0.25, 0.3) is 0 Å². The van der Waals surface area contributed by atoms with Crippen LogP contribution in [0.2, 0.25) is 0 Å². The van der Waals surface area contributed by atoms with Gasteiger partial charge in [-0.3, -0.25) is 10.1 Å². The zero-order valence-corrected chi connectivity index (χ0v) is 8.84. The summed E-state index contributed by atoms with van der Waals surface area (Å²) in [6.45, 7) is 0.863. The first-order valence-electron chi connectivity index (χ1n) is 5.09. The van der Waals surface area contributed by atoms with Crippen molar-refractivity contribution in [3.8, 4) is 11.5 Å². The Balaban J connectivity index is 2.11. The summed E-state index contributed by atoms with van der Waals surface area (Å²) in [5.41, 5.74) is 2.24. The zero-order chi connectivity index (χ0) is 11.8. The van der Waals surface area contributed by atoms with Crippen LogP contribution in [0.15, 0.2) is 18.3 Å². The maximum atomic E-state index is 10.5. The van der Waals surface area contributed by atoms with Crippen LogP contribution >= 0.6 is 0 Å². The van der Waals surface area contributed by atoms with Gasteiger partial charge in [0, 0.05) is 0 Å². The second kappa shape index (κ2) is 3.74. The molecule has 0 aliphatic carbocycles. The van der Waals surface area contributed by atoms with Crippen LogP contribution in [-0.4, -0.2) is 18.3 Å². The summed E-state index contributed by atoms with van der Waals surface area (Å²) in [4.78, 5) is 10.1. The number of nitrogens with zero attached hydrogens (tertiary/aromatic N) is 1. The smallest absolute Gasteiger partial charge is 0.240 e. The predicted molar refractivity (Wildman–Crippen MR) is 57.2 cm³/mol. The second-order valence-corrected chi connectivity index (χ2v) is 3.80. The lowest BCUT2D eigenvalue weighted by molar-refractivity contribution is -0.401. The summed E-state index contributed by atoms with van der Waals surface area (Å²) in [6, 6.07) is 3.58. The van der Waals surface area contributed by atoms with E-state index in [1.807, 2.05) is 6.07 Å². The molecule has 1 aromatic rings. The van der Waals surface area contributed by atoms with Crippen LogP contribution in [0.4, 0.5) is 0 Å². The van der Waals surface area contributed by atoms with Crippen molar-refractivity contribution in [2.45, 2.75) is 6.61 Å². The van der Waals surface area contributed by atoms with Gasteiger partial charge < -0.3 is 14.2 Å². The number of ether oxygens (including phenoxy) is 3. The first-order valence-corrected chi connectivity index (χ1v) is 5.09. The molecule has 0 radical (unpaired) electrons. The van der Waals surface area contributed by atoms with Gasteiger partial charge in [0.15, 0.2) is 11.5 Å². The minimum absolute atomic E-state index is 0.188. The molecule has 0 amide bonds. The molecule has 0 saturated carbocycles. The van der Waals surface area contributed by atoms with Crippen molar-refractivity contribution in [2.75, 3.05) is 13.4 Å². The number of rotatable bonds is 1. The van der Waals surface area contributed by atoms with Crippen LogP contribution in [0, 0.1) is 10.1 Å². The Kier molecular flexibility index (Phi) is 2.22. The lowest BCUT2D eigenvalue weighted by Crippen LogP contribution is -2.10. The van der Waals surface area contributed by atoms with Crippen LogP contribution in [0.1, 0.15) is 11.1 Å². The van der Waals surface area contributed by atoms with Crippen LogP contribution in [0.5, 0.6) is 11.5 Å².